The van der Waals surface area contributed by atoms with E-state index in [-0.39, 0.29) is 10.8 Å². The number of carboxylic acids is 1. The van der Waals surface area contributed by atoms with Gasteiger partial charge in [-0.2, -0.15) is 0 Å². The molecule has 1 amide bonds. The van der Waals surface area contributed by atoms with Gasteiger partial charge in [-0.3, -0.25) is 4.79 Å². The van der Waals surface area contributed by atoms with Gasteiger partial charge in [-0.25, -0.2) is 4.79 Å². The number of carboxylic acid groups (broad SMARTS) is 1. The van der Waals surface area contributed by atoms with E-state index in [2.05, 4.69) is 5.32 Å². The van der Waals surface area contributed by atoms with E-state index in [0.717, 1.165) is 4.88 Å². The minimum Gasteiger partial charge on any atom is -0.477 e. The van der Waals surface area contributed by atoms with Crippen molar-refractivity contribution in [2.45, 2.75) is 26.3 Å². The molecule has 0 aliphatic rings. The molecule has 1 heterocycles. The molecule has 0 aromatic carbocycles. The highest BCUT2D eigenvalue weighted by atomic mass is 32.1. The summed E-state index contributed by atoms with van der Waals surface area (Å²) in [4.78, 5) is 23.2. The molecule has 1 rings (SSSR count). The molecule has 0 unspecified atom stereocenters. The molecular formula is C12H17NO4S. The Morgan fingerprint density at radius 3 is 2.83 bits per heavy atom. The molecular weight excluding hydrogens is 254 g/mol. The van der Waals surface area contributed by atoms with E-state index in [4.69, 9.17) is 9.84 Å². The zero-order valence-corrected chi connectivity index (χ0v) is 11.1. The van der Waals surface area contributed by atoms with Crippen molar-refractivity contribution in [3.63, 3.8) is 0 Å². The summed E-state index contributed by atoms with van der Waals surface area (Å²) in [7, 11) is 0. The Labute approximate surface area is 110 Å². The standard InChI is InChI=1S/C12H17NO4S/c1-2-17-7-3-4-11(14)13-8-9-5-6-10(18-9)12(15)16/h5-6H,2-4,7-8H2,1H3,(H,13,14)(H,15,16). The highest BCUT2D eigenvalue weighted by Crippen LogP contribution is 2.15. The van der Waals surface area contributed by atoms with E-state index < -0.39 is 5.97 Å². The van der Waals surface area contributed by atoms with E-state index >= 15 is 0 Å². The zero-order chi connectivity index (χ0) is 13.4. The predicted octanol–water partition coefficient (Wildman–Crippen LogP) is 1.88. The number of carbonyl (C=O) groups is 2. The maximum absolute atomic E-state index is 11.4. The Balaban J connectivity index is 2.23. The number of rotatable bonds is 8. The van der Waals surface area contributed by atoms with Crippen LogP contribution in [0.25, 0.3) is 0 Å². The minimum absolute atomic E-state index is 0.0417. The highest BCUT2D eigenvalue weighted by Gasteiger charge is 2.07. The van der Waals surface area contributed by atoms with Crippen LogP contribution in [-0.4, -0.2) is 30.2 Å². The SMILES string of the molecule is CCOCCCC(=O)NCc1ccc(C(=O)O)s1. The van der Waals surface area contributed by atoms with E-state index in [1.807, 2.05) is 6.92 Å². The lowest BCUT2D eigenvalue weighted by molar-refractivity contribution is -0.121. The number of amides is 1. The molecule has 1 aromatic heterocycles. The molecule has 2 N–H and O–H groups in total. The van der Waals surface area contributed by atoms with E-state index in [0.29, 0.717) is 32.6 Å². The molecule has 0 fully saturated rings. The van der Waals surface area contributed by atoms with Gasteiger partial charge in [0, 0.05) is 24.5 Å². The van der Waals surface area contributed by atoms with Crippen LogP contribution in [0.15, 0.2) is 12.1 Å². The lowest BCUT2D eigenvalue weighted by Crippen LogP contribution is -2.22. The summed E-state index contributed by atoms with van der Waals surface area (Å²) in [6, 6.07) is 3.26. The van der Waals surface area contributed by atoms with Crippen LogP contribution in [0.5, 0.6) is 0 Å². The number of nitrogens with one attached hydrogen (secondary N) is 1. The van der Waals surface area contributed by atoms with Crippen molar-refractivity contribution in [2.24, 2.45) is 0 Å². The second-order valence-corrected chi connectivity index (χ2v) is 4.82. The molecule has 0 saturated heterocycles. The monoisotopic (exact) mass is 271 g/mol. The first-order chi connectivity index (χ1) is 8.63. The van der Waals surface area contributed by atoms with Crippen LogP contribution in [0.4, 0.5) is 0 Å². The number of thiophene rings is 1. The zero-order valence-electron chi connectivity index (χ0n) is 10.3. The van der Waals surface area contributed by atoms with Crippen LogP contribution in [0.3, 0.4) is 0 Å². The minimum atomic E-state index is -0.936. The quantitative estimate of drug-likeness (QED) is 0.708. The Morgan fingerprint density at radius 2 is 2.22 bits per heavy atom. The Hall–Kier alpha value is -1.40. The average Bonchev–Trinajstić information content (AvgIpc) is 2.81. The fourth-order valence-electron chi connectivity index (χ4n) is 1.34. The molecule has 0 aliphatic carbocycles. The fraction of sp³-hybridized carbons (Fsp3) is 0.500. The first kappa shape index (κ1) is 14.7. The molecule has 5 nitrogen and oxygen atoms in total. The first-order valence-electron chi connectivity index (χ1n) is 5.80. The lowest BCUT2D eigenvalue weighted by atomic mass is 10.3. The molecule has 0 radical (unpaired) electrons. The van der Waals surface area contributed by atoms with Crippen molar-refractivity contribution in [3.05, 3.63) is 21.9 Å². The van der Waals surface area contributed by atoms with Crippen LogP contribution >= 0.6 is 11.3 Å². The summed E-state index contributed by atoms with van der Waals surface area (Å²) in [5.41, 5.74) is 0. The van der Waals surface area contributed by atoms with Gasteiger partial charge in [-0.15, -0.1) is 11.3 Å². The number of carbonyl (C=O) groups excluding carboxylic acids is 1. The van der Waals surface area contributed by atoms with Crippen molar-refractivity contribution in [3.8, 4) is 0 Å². The third-order valence-electron chi connectivity index (χ3n) is 2.23. The van der Waals surface area contributed by atoms with Crippen molar-refractivity contribution in [1.29, 1.82) is 0 Å². The van der Waals surface area contributed by atoms with Gasteiger partial charge >= 0.3 is 5.97 Å². The van der Waals surface area contributed by atoms with Crippen LogP contribution in [0, 0.1) is 0 Å². The fourth-order valence-corrected chi connectivity index (χ4v) is 2.13. The molecule has 0 saturated carbocycles. The van der Waals surface area contributed by atoms with Crippen molar-refractivity contribution in [2.75, 3.05) is 13.2 Å². The summed E-state index contributed by atoms with van der Waals surface area (Å²) in [6.07, 6.45) is 1.13. The van der Waals surface area contributed by atoms with Gasteiger partial charge in [0.25, 0.3) is 0 Å². The van der Waals surface area contributed by atoms with Gasteiger partial charge in [-0.05, 0) is 25.5 Å². The number of hydrogen-bond donors (Lipinski definition) is 2. The predicted molar refractivity (Wildman–Crippen MR) is 68.9 cm³/mol. The Morgan fingerprint density at radius 1 is 1.44 bits per heavy atom. The third kappa shape index (κ3) is 5.29. The number of ether oxygens (including phenoxy) is 1. The lowest BCUT2D eigenvalue weighted by Gasteiger charge is -2.03. The van der Waals surface area contributed by atoms with Gasteiger partial charge in [0.05, 0.1) is 6.54 Å². The molecule has 1 aromatic rings. The molecule has 0 bridgehead atoms. The van der Waals surface area contributed by atoms with E-state index in [9.17, 15) is 9.59 Å². The van der Waals surface area contributed by atoms with Crippen LogP contribution in [-0.2, 0) is 16.1 Å². The van der Waals surface area contributed by atoms with Crippen LogP contribution in [0.1, 0.15) is 34.3 Å². The molecule has 0 atom stereocenters. The maximum atomic E-state index is 11.4. The van der Waals surface area contributed by atoms with Crippen molar-refractivity contribution in [1.82, 2.24) is 5.32 Å². The van der Waals surface area contributed by atoms with Gasteiger partial charge < -0.3 is 15.2 Å². The van der Waals surface area contributed by atoms with E-state index in [1.54, 1.807) is 12.1 Å². The van der Waals surface area contributed by atoms with Crippen molar-refractivity contribution >= 4 is 23.2 Å². The Kier molecular flexibility index (Phi) is 6.38. The summed E-state index contributed by atoms with van der Waals surface area (Å²) in [5, 5.41) is 11.5. The van der Waals surface area contributed by atoms with Gasteiger partial charge in [0.15, 0.2) is 0 Å². The molecule has 18 heavy (non-hydrogen) atoms. The van der Waals surface area contributed by atoms with Crippen molar-refractivity contribution < 1.29 is 19.4 Å². The summed E-state index contributed by atoms with van der Waals surface area (Å²) in [6.45, 7) is 3.54. The van der Waals surface area contributed by atoms with E-state index in [1.165, 1.54) is 11.3 Å². The largest absolute Gasteiger partial charge is 0.477 e. The molecule has 0 aliphatic heterocycles. The molecule has 100 valence electrons. The maximum Gasteiger partial charge on any atom is 0.345 e. The van der Waals surface area contributed by atoms with Gasteiger partial charge in [-0.1, -0.05) is 0 Å². The number of aromatic carboxylic acids is 1. The molecule has 6 heteroatoms. The Bertz CT molecular complexity index is 403. The van der Waals surface area contributed by atoms with Crippen LogP contribution < -0.4 is 5.32 Å². The van der Waals surface area contributed by atoms with Crippen LogP contribution in [0.2, 0.25) is 0 Å². The second kappa shape index (κ2) is 7.84. The topological polar surface area (TPSA) is 75.6 Å². The van der Waals surface area contributed by atoms with Gasteiger partial charge in [0.1, 0.15) is 4.88 Å². The second-order valence-electron chi connectivity index (χ2n) is 3.65. The average molecular weight is 271 g/mol. The molecule has 0 spiro atoms. The highest BCUT2D eigenvalue weighted by molar-refractivity contribution is 7.13. The third-order valence-corrected chi connectivity index (χ3v) is 3.30. The first-order valence-corrected chi connectivity index (χ1v) is 6.61. The smallest absolute Gasteiger partial charge is 0.345 e. The number of hydrogen-bond acceptors (Lipinski definition) is 4. The van der Waals surface area contributed by atoms with Gasteiger partial charge in [0.2, 0.25) is 5.91 Å². The summed E-state index contributed by atoms with van der Waals surface area (Å²) >= 11 is 1.18. The summed E-state index contributed by atoms with van der Waals surface area (Å²) in [5.74, 6) is -0.978. The summed E-state index contributed by atoms with van der Waals surface area (Å²) < 4.78 is 5.13. The normalized spacial score (nSPS) is 10.3.